The van der Waals surface area contributed by atoms with Gasteiger partial charge >= 0.3 is 6.18 Å². The summed E-state index contributed by atoms with van der Waals surface area (Å²) in [5, 5.41) is 2.63. The molecule has 0 spiro atoms. The maximum absolute atomic E-state index is 12.8. The molecule has 0 saturated carbocycles. The lowest BCUT2D eigenvalue weighted by Gasteiger charge is -2.17. The Labute approximate surface area is 152 Å². The number of amides is 1. The van der Waals surface area contributed by atoms with Crippen molar-refractivity contribution in [3.8, 4) is 0 Å². The highest BCUT2D eigenvalue weighted by Gasteiger charge is 2.30. The number of hydrogen-bond donors (Lipinski definition) is 1. The van der Waals surface area contributed by atoms with Crippen LogP contribution in [-0.2, 0) is 17.5 Å². The third-order valence-electron chi connectivity index (χ3n) is 4.15. The zero-order chi connectivity index (χ0) is 19.6. The van der Waals surface area contributed by atoms with Gasteiger partial charge in [-0.1, -0.05) is 24.3 Å². The van der Waals surface area contributed by atoms with Gasteiger partial charge in [0.15, 0.2) is 0 Å². The minimum Gasteiger partial charge on any atom is -0.348 e. The highest BCUT2D eigenvalue weighted by atomic mass is 19.4. The van der Waals surface area contributed by atoms with Crippen molar-refractivity contribution in [1.29, 1.82) is 0 Å². The molecular weight excluding hydrogens is 359 g/mol. The lowest BCUT2D eigenvalue weighted by atomic mass is 10.0. The number of fused-ring (bicyclic) bond motifs is 1. The number of benzene rings is 2. The number of para-hydroxylation sites is 2. The molecule has 0 bridgehead atoms. The van der Waals surface area contributed by atoms with Crippen LogP contribution in [0.15, 0.2) is 59.5 Å². The molecule has 1 aromatic heterocycles. The number of hydrogen-bond acceptors (Lipinski definition) is 3. The maximum atomic E-state index is 12.8. The fourth-order valence-electron chi connectivity index (χ4n) is 2.78. The topological polar surface area (TPSA) is 64.0 Å². The van der Waals surface area contributed by atoms with Crippen LogP contribution in [0.2, 0.25) is 0 Å². The van der Waals surface area contributed by atoms with E-state index in [0.717, 1.165) is 18.3 Å². The van der Waals surface area contributed by atoms with E-state index in [2.05, 4.69) is 10.3 Å². The normalized spacial score (nSPS) is 12.7. The lowest BCUT2D eigenvalue weighted by molar-refractivity contribution is -0.137. The van der Waals surface area contributed by atoms with Gasteiger partial charge in [-0.2, -0.15) is 13.2 Å². The summed E-state index contributed by atoms with van der Waals surface area (Å²) in [6.07, 6.45) is -3.32. The van der Waals surface area contributed by atoms with E-state index in [1.807, 2.05) is 0 Å². The highest BCUT2D eigenvalue weighted by molar-refractivity contribution is 5.80. The first-order valence-electron chi connectivity index (χ1n) is 8.17. The SMILES string of the molecule is CC(NC(=O)Cn1c(=O)cnc2ccccc21)c1cccc(C(F)(F)F)c1. The van der Waals surface area contributed by atoms with Crippen molar-refractivity contribution in [2.45, 2.75) is 25.7 Å². The first kappa shape index (κ1) is 18.6. The Balaban J connectivity index is 1.79. The quantitative estimate of drug-likeness (QED) is 0.761. The van der Waals surface area contributed by atoms with E-state index in [-0.39, 0.29) is 6.54 Å². The van der Waals surface area contributed by atoms with Crippen molar-refractivity contribution in [2.24, 2.45) is 0 Å². The Bertz CT molecular complexity index is 1040. The molecule has 1 amide bonds. The molecule has 5 nitrogen and oxygen atoms in total. The second-order valence-corrected chi connectivity index (χ2v) is 6.08. The number of halogens is 3. The Morgan fingerprint density at radius 2 is 1.93 bits per heavy atom. The first-order valence-corrected chi connectivity index (χ1v) is 8.17. The third-order valence-corrected chi connectivity index (χ3v) is 4.15. The van der Waals surface area contributed by atoms with Crippen LogP contribution in [-0.4, -0.2) is 15.5 Å². The number of carbonyl (C=O) groups excluding carboxylic acids is 1. The van der Waals surface area contributed by atoms with Gasteiger partial charge in [-0.05, 0) is 36.8 Å². The molecule has 0 saturated heterocycles. The van der Waals surface area contributed by atoms with Gasteiger partial charge in [0.1, 0.15) is 6.54 Å². The summed E-state index contributed by atoms with van der Waals surface area (Å²) >= 11 is 0. The van der Waals surface area contributed by atoms with Crippen molar-refractivity contribution in [1.82, 2.24) is 14.9 Å². The van der Waals surface area contributed by atoms with Crippen molar-refractivity contribution in [3.63, 3.8) is 0 Å². The fraction of sp³-hybridized carbons (Fsp3) is 0.211. The standard InChI is InChI=1S/C19H16F3N3O2/c1-12(13-5-4-6-14(9-13)19(20,21)22)24-17(26)11-25-16-8-3-2-7-15(16)23-10-18(25)27/h2-10,12H,11H2,1H3,(H,24,26). The summed E-state index contributed by atoms with van der Waals surface area (Å²) in [5.41, 5.74) is 0.181. The van der Waals surface area contributed by atoms with Crippen molar-refractivity contribution >= 4 is 16.9 Å². The summed E-state index contributed by atoms with van der Waals surface area (Å²) in [6, 6.07) is 11.0. The predicted molar refractivity (Wildman–Crippen MR) is 94.0 cm³/mol. The number of nitrogens with zero attached hydrogens (tertiary/aromatic N) is 2. The van der Waals surface area contributed by atoms with E-state index in [9.17, 15) is 22.8 Å². The summed E-state index contributed by atoms with van der Waals surface area (Å²) in [7, 11) is 0. The van der Waals surface area contributed by atoms with Crippen LogP contribution in [0.1, 0.15) is 24.1 Å². The van der Waals surface area contributed by atoms with Gasteiger partial charge < -0.3 is 5.32 Å². The zero-order valence-corrected chi connectivity index (χ0v) is 14.3. The summed E-state index contributed by atoms with van der Waals surface area (Å²) in [6.45, 7) is 1.33. The highest BCUT2D eigenvalue weighted by Crippen LogP contribution is 2.30. The van der Waals surface area contributed by atoms with E-state index in [0.29, 0.717) is 16.6 Å². The molecular formula is C19H16F3N3O2. The van der Waals surface area contributed by atoms with E-state index in [1.165, 1.54) is 16.7 Å². The third kappa shape index (κ3) is 4.16. The van der Waals surface area contributed by atoms with Crippen LogP contribution in [0.4, 0.5) is 13.2 Å². The second-order valence-electron chi connectivity index (χ2n) is 6.08. The van der Waals surface area contributed by atoms with Crippen molar-refractivity contribution in [2.75, 3.05) is 0 Å². The summed E-state index contributed by atoms with van der Waals surface area (Å²) < 4.78 is 39.8. The molecule has 27 heavy (non-hydrogen) atoms. The molecule has 1 unspecified atom stereocenters. The smallest absolute Gasteiger partial charge is 0.348 e. The molecule has 1 heterocycles. The molecule has 140 valence electrons. The lowest BCUT2D eigenvalue weighted by Crippen LogP contribution is -2.34. The predicted octanol–water partition coefficient (Wildman–Crippen LogP) is 3.29. The number of alkyl halides is 3. The van der Waals surface area contributed by atoms with Crippen molar-refractivity contribution < 1.29 is 18.0 Å². The Hall–Kier alpha value is -3.16. The monoisotopic (exact) mass is 375 g/mol. The molecule has 0 aliphatic rings. The van der Waals surface area contributed by atoms with Gasteiger partial charge in [0.05, 0.1) is 28.8 Å². The fourth-order valence-corrected chi connectivity index (χ4v) is 2.78. The Morgan fingerprint density at radius 1 is 1.19 bits per heavy atom. The van der Waals surface area contributed by atoms with Gasteiger partial charge in [0.2, 0.25) is 5.91 Å². The van der Waals surface area contributed by atoms with Gasteiger partial charge in [0.25, 0.3) is 5.56 Å². The molecule has 0 fully saturated rings. The van der Waals surface area contributed by atoms with E-state index in [4.69, 9.17) is 0 Å². The first-order chi connectivity index (χ1) is 12.8. The number of nitrogens with one attached hydrogen (secondary N) is 1. The Morgan fingerprint density at radius 3 is 2.67 bits per heavy atom. The minimum atomic E-state index is -4.46. The zero-order valence-electron chi connectivity index (χ0n) is 14.3. The molecule has 3 rings (SSSR count). The Kier molecular flexibility index (Phi) is 4.98. The van der Waals surface area contributed by atoms with Crippen LogP contribution in [0.25, 0.3) is 11.0 Å². The van der Waals surface area contributed by atoms with Crippen LogP contribution >= 0.6 is 0 Å². The summed E-state index contributed by atoms with van der Waals surface area (Å²) in [4.78, 5) is 28.5. The van der Waals surface area contributed by atoms with Gasteiger partial charge in [-0.25, -0.2) is 4.98 Å². The summed E-state index contributed by atoms with van der Waals surface area (Å²) in [5.74, 6) is -0.488. The van der Waals surface area contributed by atoms with E-state index in [1.54, 1.807) is 31.2 Å². The van der Waals surface area contributed by atoms with Gasteiger partial charge in [0, 0.05) is 0 Å². The maximum Gasteiger partial charge on any atom is 0.416 e. The average molecular weight is 375 g/mol. The van der Waals surface area contributed by atoms with Crippen LogP contribution in [0, 0.1) is 0 Å². The second kappa shape index (κ2) is 7.22. The number of carbonyl (C=O) groups is 1. The molecule has 0 aliphatic heterocycles. The number of aromatic nitrogens is 2. The molecule has 1 atom stereocenters. The molecule has 3 aromatic rings. The van der Waals surface area contributed by atoms with Crippen molar-refractivity contribution in [3.05, 3.63) is 76.2 Å². The van der Waals surface area contributed by atoms with Crippen LogP contribution < -0.4 is 10.9 Å². The minimum absolute atomic E-state index is 0.259. The molecule has 1 N–H and O–H groups in total. The van der Waals surface area contributed by atoms with E-state index >= 15 is 0 Å². The average Bonchev–Trinajstić information content (AvgIpc) is 2.63. The molecule has 8 heteroatoms. The molecule has 0 radical (unpaired) electrons. The van der Waals surface area contributed by atoms with Gasteiger partial charge in [-0.15, -0.1) is 0 Å². The van der Waals surface area contributed by atoms with E-state index < -0.39 is 29.2 Å². The van der Waals surface area contributed by atoms with Crippen LogP contribution in [0.5, 0.6) is 0 Å². The number of rotatable bonds is 4. The van der Waals surface area contributed by atoms with Gasteiger partial charge in [-0.3, -0.25) is 14.2 Å². The molecule has 0 aliphatic carbocycles. The largest absolute Gasteiger partial charge is 0.416 e. The molecule has 2 aromatic carbocycles. The van der Waals surface area contributed by atoms with Crippen LogP contribution in [0.3, 0.4) is 0 Å².